The average Bonchev–Trinajstić information content (AvgIpc) is 3.08. The molecule has 2 aliphatic rings. The van der Waals surface area contributed by atoms with E-state index in [-0.39, 0.29) is 5.41 Å². The van der Waals surface area contributed by atoms with Gasteiger partial charge in [-0.15, -0.1) is 0 Å². The minimum Gasteiger partial charge on any atom is -0.454 e. The van der Waals surface area contributed by atoms with Crippen molar-refractivity contribution in [2.45, 2.75) is 32.6 Å². The van der Waals surface area contributed by atoms with E-state index in [0.717, 1.165) is 23.4 Å². The molecule has 2 heterocycles. The molecule has 0 bridgehead atoms. The Bertz CT molecular complexity index is 1300. The van der Waals surface area contributed by atoms with Crippen molar-refractivity contribution < 1.29 is 4.42 Å². The SMILES string of the molecule is CCC12CN(c3ccccc3NC)c3c(ccc4c3oc3ccccc34)C1(C)C2C. The predicted molar refractivity (Wildman–Crippen MR) is 126 cm³/mol. The Labute approximate surface area is 177 Å². The molecule has 1 aromatic heterocycles. The highest BCUT2D eigenvalue weighted by molar-refractivity contribution is 6.11. The smallest absolute Gasteiger partial charge is 0.159 e. The Balaban J connectivity index is 1.71. The fourth-order valence-electron chi connectivity index (χ4n) is 6.56. The van der Waals surface area contributed by atoms with Crippen LogP contribution in [-0.4, -0.2) is 13.6 Å². The maximum absolute atomic E-state index is 6.53. The van der Waals surface area contributed by atoms with Crippen LogP contribution in [0.5, 0.6) is 0 Å². The number of nitrogens with one attached hydrogen (secondary N) is 1. The van der Waals surface area contributed by atoms with E-state index in [9.17, 15) is 0 Å². The van der Waals surface area contributed by atoms with Crippen molar-refractivity contribution in [2.75, 3.05) is 23.8 Å². The molecular weight excluding hydrogens is 368 g/mol. The second kappa shape index (κ2) is 5.81. The number of para-hydroxylation sites is 3. The maximum Gasteiger partial charge on any atom is 0.159 e. The van der Waals surface area contributed by atoms with Gasteiger partial charge in [-0.05, 0) is 36.1 Å². The van der Waals surface area contributed by atoms with Gasteiger partial charge in [0.1, 0.15) is 5.58 Å². The van der Waals surface area contributed by atoms with Crippen molar-refractivity contribution >= 4 is 39.0 Å². The average molecular weight is 397 g/mol. The summed E-state index contributed by atoms with van der Waals surface area (Å²) in [5.41, 5.74) is 7.52. The van der Waals surface area contributed by atoms with E-state index >= 15 is 0 Å². The number of rotatable bonds is 3. The Kier molecular flexibility index (Phi) is 3.46. The van der Waals surface area contributed by atoms with Crippen LogP contribution in [0.15, 0.2) is 65.1 Å². The molecule has 1 fully saturated rings. The van der Waals surface area contributed by atoms with Crippen LogP contribution in [0.3, 0.4) is 0 Å². The van der Waals surface area contributed by atoms with Crippen molar-refractivity contribution in [3.8, 4) is 0 Å². The monoisotopic (exact) mass is 396 g/mol. The van der Waals surface area contributed by atoms with Crippen LogP contribution < -0.4 is 10.2 Å². The van der Waals surface area contributed by atoms with E-state index in [2.05, 4.69) is 91.7 Å². The Hall–Kier alpha value is -2.94. The van der Waals surface area contributed by atoms with Crippen molar-refractivity contribution in [3.63, 3.8) is 0 Å². The summed E-state index contributed by atoms with van der Waals surface area (Å²) in [6, 6.07) is 21.7. The van der Waals surface area contributed by atoms with E-state index in [4.69, 9.17) is 4.42 Å². The molecule has 4 aromatic rings. The molecule has 0 amide bonds. The van der Waals surface area contributed by atoms with Crippen molar-refractivity contribution in [1.29, 1.82) is 0 Å². The van der Waals surface area contributed by atoms with Crippen LogP contribution >= 0.6 is 0 Å². The molecule has 1 aliphatic carbocycles. The molecule has 3 nitrogen and oxygen atoms in total. The van der Waals surface area contributed by atoms with Gasteiger partial charge in [-0.25, -0.2) is 0 Å². The highest BCUT2D eigenvalue weighted by atomic mass is 16.3. The van der Waals surface area contributed by atoms with Gasteiger partial charge in [-0.2, -0.15) is 0 Å². The molecule has 0 radical (unpaired) electrons. The first-order chi connectivity index (χ1) is 14.6. The largest absolute Gasteiger partial charge is 0.454 e. The Morgan fingerprint density at radius 2 is 1.80 bits per heavy atom. The molecular formula is C27H28N2O. The summed E-state index contributed by atoms with van der Waals surface area (Å²) >= 11 is 0. The van der Waals surface area contributed by atoms with Crippen LogP contribution in [0, 0.1) is 11.3 Å². The summed E-state index contributed by atoms with van der Waals surface area (Å²) in [5.74, 6) is 0.641. The van der Waals surface area contributed by atoms with Gasteiger partial charge in [-0.3, -0.25) is 0 Å². The summed E-state index contributed by atoms with van der Waals surface area (Å²) in [6.07, 6.45) is 1.18. The topological polar surface area (TPSA) is 28.4 Å². The van der Waals surface area contributed by atoms with E-state index in [0.29, 0.717) is 11.3 Å². The van der Waals surface area contributed by atoms with Crippen LogP contribution in [0.4, 0.5) is 17.1 Å². The highest BCUT2D eigenvalue weighted by Gasteiger charge is 2.73. The van der Waals surface area contributed by atoms with Gasteiger partial charge in [0.25, 0.3) is 0 Å². The number of hydrogen-bond acceptors (Lipinski definition) is 3. The first-order valence-corrected chi connectivity index (χ1v) is 11.1. The molecule has 1 saturated carbocycles. The molecule has 6 rings (SSSR count). The summed E-state index contributed by atoms with van der Waals surface area (Å²) in [4.78, 5) is 2.53. The molecule has 0 spiro atoms. The zero-order valence-electron chi connectivity index (χ0n) is 18.1. The molecule has 1 N–H and O–H groups in total. The van der Waals surface area contributed by atoms with Crippen LogP contribution in [0.2, 0.25) is 0 Å². The lowest BCUT2D eigenvalue weighted by Gasteiger charge is -2.40. The lowest BCUT2D eigenvalue weighted by atomic mass is 9.80. The molecule has 3 aromatic carbocycles. The zero-order valence-corrected chi connectivity index (χ0v) is 18.1. The second-order valence-corrected chi connectivity index (χ2v) is 9.22. The number of anilines is 3. The quantitative estimate of drug-likeness (QED) is 0.401. The van der Waals surface area contributed by atoms with Crippen LogP contribution in [0.1, 0.15) is 32.8 Å². The Morgan fingerprint density at radius 3 is 2.60 bits per heavy atom. The Morgan fingerprint density at radius 1 is 1.03 bits per heavy atom. The molecule has 3 heteroatoms. The normalized spacial score (nSPS) is 27.2. The predicted octanol–water partition coefficient (Wildman–Crippen LogP) is 7.08. The second-order valence-electron chi connectivity index (χ2n) is 9.22. The fraction of sp³-hybridized carbons (Fsp3) is 0.333. The zero-order chi connectivity index (χ0) is 20.7. The van der Waals surface area contributed by atoms with Crippen LogP contribution in [-0.2, 0) is 5.41 Å². The van der Waals surface area contributed by atoms with Gasteiger partial charge in [0.2, 0.25) is 0 Å². The lowest BCUT2D eigenvalue weighted by Crippen LogP contribution is -2.36. The summed E-state index contributed by atoms with van der Waals surface area (Å²) in [5, 5.41) is 5.80. The van der Waals surface area contributed by atoms with E-state index in [1.54, 1.807) is 0 Å². The van der Waals surface area contributed by atoms with Gasteiger partial charge >= 0.3 is 0 Å². The summed E-state index contributed by atoms with van der Waals surface area (Å²) < 4.78 is 6.53. The number of benzene rings is 3. The molecule has 30 heavy (non-hydrogen) atoms. The third-order valence-electron chi connectivity index (χ3n) is 8.53. The van der Waals surface area contributed by atoms with E-state index in [1.165, 1.54) is 34.1 Å². The number of fused-ring (bicyclic) bond motifs is 7. The maximum atomic E-state index is 6.53. The molecule has 3 unspecified atom stereocenters. The molecule has 152 valence electrons. The van der Waals surface area contributed by atoms with Gasteiger partial charge in [0.15, 0.2) is 5.58 Å². The minimum atomic E-state index is 0.190. The van der Waals surface area contributed by atoms with E-state index < -0.39 is 0 Å². The fourth-order valence-corrected chi connectivity index (χ4v) is 6.56. The van der Waals surface area contributed by atoms with Gasteiger partial charge < -0.3 is 14.6 Å². The minimum absolute atomic E-state index is 0.190. The standard InChI is InChI=1S/C27H28N2O/c1-5-27-16-29(22-12-8-7-11-21(22)28-4)24-20(26(27,3)17(27)2)15-14-19-18-10-6-9-13-23(18)30-25(19)24/h6-15,17,28H,5,16H2,1-4H3. The summed E-state index contributed by atoms with van der Waals surface area (Å²) in [7, 11) is 2.00. The van der Waals surface area contributed by atoms with Crippen molar-refractivity contribution in [1.82, 2.24) is 0 Å². The van der Waals surface area contributed by atoms with Crippen LogP contribution in [0.25, 0.3) is 21.9 Å². The first-order valence-electron chi connectivity index (χ1n) is 11.1. The first kappa shape index (κ1) is 17.9. The van der Waals surface area contributed by atoms with Gasteiger partial charge in [-0.1, -0.05) is 63.2 Å². The highest BCUT2D eigenvalue weighted by Crippen LogP contribution is 2.75. The molecule has 1 aliphatic heterocycles. The third-order valence-corrected chi connectivity index (χ3v) is 8.53. The molecule has 0 saturated heterocycles. The third kappa shape index (κ3) is 1.91. The van der Waals surface area contributed by atoms with Gasteiger partial charge in [0, 0.05) is 35.2 Å². The lowest BCUT2D eigenvalue weighted by molar-refractivity contribution is 0.401. The van der Waals surface area contributed by atoms with E-state index in [1.807, 2.05) is 7.05 Å². The number of hydrogen-bond donors (Lipinski definition) is 1. The van der Waals surface area contributed by atoms with Crippen molar-refractivity contribution in [3.05, 3.63) is 66.2 Å². The van der Waals surface area contributed by atoms with Gasteiger partial charge in [0.05, 0.1) is 17.1 Å². The summed E-state index contributed by atoms with van der Waals surface area (Å²) in [6.45, 7) is 8.27. The van der Waals surface area contributed by atoms with Crippen molar-refractivity contribution in [2.24, 2.45) is 11.3 Å². The molecule has 3 atom stereocenters. The number of nitrogens with zero attached hydrogens (tertiary/aromatic N) is 1. The number of furan rings is 1.